The first kappa shape index (κ1) is 67.4. The van der Waals surface area contributed by atoms with Gasteiger partial charge in [0.15, 0.2) is 6.10 Å². The van der Waals surface area contributed by atoms with Crippen LogP contribution in [0.4, 0.5) is 0 Å². The standard InChI is InChI=1S/C63H122O6/c1-7-58(5)50-44-38-32-25-21-17-13-11-9-10-12-14-20-24-28-36-42-48-54-63(66)69-60(56-68-62(65)53-47-41-35-30-29-31-37-43-49-57(3)4)55-67-61(64)52-46-40-34-27-23-19-16-15-18-22-26-33-39-45-51-59(6)8-2/h57-60H,7-56H2,1-6H3/t58?,59?,60-/m1/s1. The maximum atomic E-state index is 12.9. The van der Waals surface area contributed by atoms with Gasteiger partial charge in [-0.1, -0.05) is 311 Å². The van der Waals surface area contributed by atoms with Crippen LogP contribution in [-0.2, 0) is 28.6 Å². The van der Waals surface area contributed by atoms with Crippen molar-refractivity contribution in [3.63, 3.8) is 0 Å². The van der Waals surface area contributed by atoms with Gasteiger partial charge in [-0.15, -0.1) is 0 Å². The molecule has 0 radical (unpaired) electrons. The van der Waals surface area contributed by atoms with E-state index in [0.717, 1.165) is 75.5 Å². The number of rotatable bonds is 56. The molecule has 410 valence electrons. The van der Waals surface area contributed by atoms with Gasteiger partial charge in [0, 0.05) is 19.3 Å². The highest BCUT2D eigenvalue weighted by molar-refractivity contribution is 5.71. The van der Waals surface area contributed by atoms with E-state index in [4.69, 9.17) is 14.2 Å². The average Bonchev–Trinajstić information content (AvgIpc) is 3.34. The quantitative estimate of drug-likeness (QED) is 0.0343. The molecule has 2 unspecified atom stereocenters. The molecule has 0 fully saturated rings. The maximum absolute atomic E-state index is 12.9. The van der Waals surface area contributed by atoms with Gasteiger partial charge in [-0.05, 0) is 37.0 Å². The summed E-state index contributed by atoms with van der Waals surface area (Å²) in [7, 11) is 0. The van der Waals surface area contributed by atoms with E-state index in [1.54, 1.807) is 0 Å². The van der Waals surface area contributed by atoms with E-state index >= 15 is 0 Å². The van der Waals surface area contributed by atoms with E-state index < -0.39 is 6.10 Å². The van der Waals surface area contributed by atoms with Gasteiger partial charge in [0.1, 0.15) is 13.2 Å². The zero-order chi connectivity index (χ0) is 50.5. The third kappa shape index (κ3) is 54.0. The van der Waals surface area contributed by atoms with Crippen molar-refractivity contribution in [3.8, 4) is 0 Å². The maximum Gasteiger partial charge on any atom is 0.306 e. The van der Waals surface area contributed by atoms with E-state index in [9.17, 15) is 14.4 Å². The molecule has 0 amide bonds. The third-order valence-corrected chi connectivity index (χ3v) is 15.1. The summed E-state index contributed by atoms with van der Waals surface area (Å²) >= 11 is 0. The Hall–Kier alpha value is -1.59. The first-order valence-corrected chi connectivity index (χ1v) is 31.2. The van der Waals surface area contributed by atoms with E-state index in [-0.39, 0.29) is 31.1 Å². The molecule has 0 N–H and O–H groups in total. The number of hydrogen-bond acceptors (Lipinski definition) is 6. The fraction of sp³-hybridized carbons (Fsp3) is 0.952. The number of unbranched alkanes of at least 4 members (excludes halogenated alkanes) is 37. The minimum atomic E-state index is -0.764. The molecule has 6 nitrogen and oxygen atoms in total. The van der Waals surface area contributed by atoms with Crippen LogP contribution in [0.5, 0.6) is 0 Å². The van der Waals surface area contributed by atoms with Crippen LogP contribution >= 0.6 is 0 Å². The second kappa shape index (κ2) is 54.2. The Morgan fingerprint density at radius 1 is 0.290 bits per heavy atom. The summed E-state index contributed by atoms with van der Waals surface area (Å²) in [6.07, 6.45) is 58.1. The van der Waals surface area contributed by atoms with Crippen molar-refractivity contribution in [1.82, 2.24) is 0 Å². The zero-order valence-electron chi connectivity index (χ0n) is 47.6. The van der Waals surface area contributed by atoms with Crippen LogP contribution in [0.25, 0.3) is 0 Å². The van der Waals surface area contributed by atoms with Crippen LogP contribution in [0.3, 0.4) is 0 Å². The smallest absolute Gasteiger partial charge is 0.306 e. The van der Waals surface area contributed by atoms with Gasteiger partial charge < -0.3 is 14.2 Å². The largest absolute Gasteiger partial charge is 0.462 e. The molecule has 69 heavy (non-hydrogen) atoms. The Bertz CT molecular complexity index is 1070. The van der Waals surface area contributed by atoms with Gasteiger partial charge in [0.05, 0.1) is 0 Å². The predicted molar refractivity (Wildman–Crippen MR) is 298 cm³/mol. The topological polar surface area (TPSA) is 78.9 Å². The van der Waals surface area contributed by atoms with Gasteiger partial charge in [-0.3, -0.25) is 14.4 Å². The van der Waals surface area contributed by atoms with Gasteiger partial charge in [-0.2, -0.15) is 0 Å². The van der Waals surface area contributed by atoms with Gasteiger partial charge in [0.2, 0.25) is 0 Å². The molecule has 0 heterocycles. The molecule has 0 saturated carbocycles. The minimum absolute atomic E-state index is 0.0634. The first-order chi connectivity index (χ1) is 33.7. The normalized spacial score (nSPS) is 12.9. The van der Waals surface area contributed by atoms with Crippen molar-refractivity contribution in [3.05, 3.63) is 0 Å². The number of carbonyl (C=O) groups is 3. The van der Waals surface area contributed by atoms with Crippen LogP contribution in [0.1, 0.15) is 350 Å². The van der Waals surface area contributed by atoms with Gasteiger partial charge in [-0.25, -0.2) is 0 Å². The van der Waals surface area contributed by atoms with Crippen LogP contribution < -0.4 is 0 Å². The van der Waals surface area contributed by atoms with Crippen molar-refractivity contribution in [2.45, 2.75) is 356 Å². The molecule has 0 aliphatic heterocycles. The van der Waals surface area contributed by atoms with Crippen molar-refractivity contribution >= 4 is 17.9 Å². The summed E-state index contributed by atoms with van der Waals surface area (Å²) in [4.78, 5) is 38.2. The Labute approximate surface area is 431 Å². The minimum Gasteiger partial charge on any atom is -0.462 e. The molecular weight excluding hydrogens is 853 g/mol. The number of carbonyl (C=O) groups excluding carboxylic acids is 3. The molecule has 0 aromatic carbocycles. The van der Waals surface area contributed by atoms with E-state index in [1.165, 1.54) is 231 Å². The van der Waals surface area contributed by atoms with Crippen LogP contribution in [0.15, 0.2) is 0 Å². The van der Waals surface area contributed by atoms with Crippen molar-refractivity contribution in [2.75, 3.05) is 13.2 Å². The summed E-state index contributed by atoms with van der Waals surface area (Å²) in [5, 5.41) is 0. The Balaban J connectivity index is 4.23. The summed E-state index contributed by atoms with van der Waals surface area (Å²) in [6, 6.07) is 0. The molecule has 0 aromatic rings. The molecule has 0 aromatic heterocycles. The second-order valence-corrected chi connectivity index (χ2v) is 22.7. The van der Waals surface area contributed by atoms with Gasteiger partial charge in [0.25, 0.3) is 0 Å². The zero-order valence-corrected chi connectivity index (χ0v) is 47.6. The van der Waals surface area contributed by atoms with Crippen LogP contribution in [0, 0.1) is 17.8 Å². The average molecular weight is 976 g/mol. The highest BCUT2D eigenvalue weighted by Gasteiger charge is 2.19. The SMILES string of the molecule is CCC(C)CCCCCCCCCCCCCCCCCCCCC(=O)O[C@H](COC(=O)CCCCCCCCCCCCCCCCC(C)CC)COC(=O)CCCCCCCCCCC(C)C. The lowest BCUT2D eigenvalue weighted by atomic mass is 9.99. The summed E-state index contributed by atoms with van der Waals surface area (Å²) in [5.74, 6) is 1.76. The molecule has 0 spiro atoms. The summed E-state index contributed by atoms with van der Waals surface area (Å²) in [5.41, 5.74) is 0. The second-order valence-electron chi connectivity index (χ2n) is 22.7. The lowest BCUT2D eigenvalue weighted by Crippen LogP contribution is -2.30. The lowest BCUT2D eigenvalue weighted by molar-refractivity contribution is -0.167. The highest BCUT2D eigenvalue weighted by atomic mass is 16.6. The fourth-order valence-corrected chi connectivity index (χ4v) is 9.64. The molecule has 0 aliphatic rings. The van der Waals surface area contributed by atoms with Crippen LogP contribution in [-0.4, -0.2) is 37.2 Å². The molecule has 0 bridgehead atoms. The number of esters is 3. The summed E-state index contributed by atoms with van der Waals surface area (Å²) < 4.78 is 16.9. The molecule has 6 heteroatoms. The first-order valence-electron chi connectivity index (χ1n) is 31.2. The number of hydrogen-bond donors (Lipinski definition) is 0. The third-order valence-electron chi connectivity index (χ3n) is 15.1. The van der Waals surface area contributed by atoms with Crippen molar-refractivity contribution in [2.24, 2.45) is 17.8 Å². The molecule has 3 atom stereocenters. The molecular formula is C63H122O6. The predicted octanol–water partition coefficient (Wildman–Crippen LogP) is 20.7. The lowest BCUT2D eigenvalue weighted by Gasteiger charge is -2.18. The Kier molecular flexibility index (Phi) is 52.9. The van der Waals surface area contributed by atoms with Crippen molar-refractivity contribution in [1.29, 1.82) is 0 Å². The Morgan fingerprint density at radius 2 is 0.507 bits per heavy atom. The molecule has 0 aliphatic carbocycles. The van der Waals surface area contributed by atoms with Crippen molar-refractivity contribution < 1.29 is 28.6 Å². The molecule has 0 saturated heterocycles. The van der Waals surface area contributed by atoms with E-state index in [2.05, 4.69) is 41.5 Å². The van der Waals surface area contributed by atoms with E-state index in [0.29, 0.717) is 19.3 Å². The van der Waals surface area contributed by atoms with Crippen LogP contribution in [0.2, 0.25) is 0 Å². The Morgan fingerprint density at radius 3 is 0.754 bits per heavy atom. The highest BCUT2D eigenvalue weighted by Crippen LogP contribution is 2.20. The molecule has 0 rings (SSSR count). The number of ether oxygens (including phenoxy) is 3. The summed E-state index contributed by atoms with van der Waals surface area (Å²) in [6.45, 7) is 13.8. The van der Waals surface area contributed by atoms with Gasteiger partial charge >= 0.3 is 17.9 Å². The van der Waals surface area contributed by atoms with E-state index in [1.807, 2.05) is 0 Å². The fourth-order valence-electron chi connectivity index (χ4n) is 9.64. The monoisotopic (exact) mass is 975 g/mol.